The predicted octanol–water partition coefficient (Wildman–Crippen LogP) is 3.78. The lowest BCUT2D eigenvalue weighted by Gasteiger charge is -2.34. The maximum Gasteiger partial charge on any atom is 0.126 e. The second kappa shape index (κ2) is 6.28. The van der Waals surface area contributed by atoms with Crippen LogP contribution in [-0.4, -0.2) is 13.1 Å². The van der Waals surface area contributed by atoms with Crippen LogP contribution in [0.3, 0.4) is 0 Å². The molecule has 0 amide bonds. The van der Waals surface area contributed by atoms with Crippen molar-refractivity contribution < 1.29 is 8.78 Å². The van der Waals surface area contributed by atoms with Crippen LogP contribution in [0.1, 0.15) is 33.3 Å². The van der Waals surface area contributed by atoms with E-state index in [1.807, 2.05) is 0 Å². The first-order valence-corrected chi connectivity index (χ1v) is 6.53. The largest absolute Gasteiger partial charge is 0.316 e. The first-order chi connectivity index (χ1) is 8.37. The van der Waals surface area contributed by atoms with Crippen LogP contribution in [0, 0.1) is 23.0 Å². The minimum Gasteiger partial charge on any atom is -0.316 e. The molecule has 1 unspecified atom stereocenters. The van der Waals surface area contributed by atoms with Crippen LogP contribution in [0.25, 0.3) is 0 Å². The molecule has 1 aromatic carbocycles. The molecule has 1 aromatic rings. The molecule has 0 aliphatic heterocycles. The van der Waals surface area contributed by atoms with Gasteiger partial charge in [0, 0.05) is 12.6 Å². The molecule has 0 saturated heterocycles. The van der Waals surface area contributed by atoms with Gasteiger partial charge in [0.15, 0.2) is 0 Å². The summed E-state index contributed by atoms with van der Waals surface area (Å²) in [6, 6.07) is 3.77. The smallest absolute Gasteiger partial charge is 0.126 e. The van der Waals surface area contributed by atoms with E-state index in [2.05, 4.69) is 33.0 Å². The number of nitrogens with one attached hydrogen (secondary N) is 1. The summed E-state index contributed by atoms with van der Waals surface area (Å²) in [6.07, 6.45) is 0.673. The molecular formula is C15H23F2N. The Labute approximate surface area is 109 Å². The van der Waals surface area contributed by atoms with Gasteiger partial charge in [-0.15, -0.1) is 0 Å². The molecule has 0 fully saturated rings. The fourth-order valence-electron chi connectivity index (χ4n) is 2.06. The quantitative estimate of drug-likeness (QED) is 0.815. The van der Waals surface area contributed by atoms with Crippen LogP contribution in [0.2, 0.25) is 0 Å². The highest BCUT2D eigenvalue weighted by Gasteiger charge is 2.28. The van der Waals surface area contributed by atoms with Crippen LogP contribution in [0.4, 0.5) is 8.78 Å². The first-order valence-electron chi connectivity index (χ1n) is 6.53. The van der Waals surface area contributed by atoms with Crippen molar-refractivity contribution in [2.24, 2.45) is 11.3 Å². The molecule has 1 atom stereocenters. The standard InChI is InChI=1S/C15H23F2N/c1-5-18-10-15(4,11(2)3)9-12-6-13(16)8-14(17)7-12/h6-8,11,18H,5,9-10H2,1-4H3. The number of benzene rings is 1. The van der Waals surface area contributed by atoms with Crippen molar-refractivity contribution in [3.8, 4) is 0 Å². The molecule has 1 rings (SSSR count). The Morgan fingerprint density at radius 1 is 1.17 bits per heavy atom. The highest BCUT2D eigenvalue weighted by atomic mass is 19.1. The Balaban J connectivity index is 2.88. The van der Waals surface area contributed by atoms with Gasteiger partial charge in [-0.2, -0.15) is 0 Å². The van der Waals surface area contributed by atoms with Gasteiger partial charge in [-0.1, -0.05) is 27.7 Å². The minimum atomic E-state index is -0.500. The summed E-state index contributed by atoms with van der Waals surface area (Å²) >= 11 is 0. The molecule has 0 aliphatic rings. The molecule has 1 N–H and O–H groups in total. The van der Waals surface area contributed by atoms with Gasteiger partial charge in [-0.3, -0.25) is 0 Å². The number of halogens is 2. The maximum absolute atomic E-state index is 13.2. The second-order valence-corrected chi connectivity index (χ2v) is 5.54. The molecule has 0 saturated carbocycles. The molecule has 3 heteroatoms. The van der Waals surface area contributed by atoms with E-state index in [1.54, 1.807) is 0 Å². The van der Waals surface area contributed by atoms with Crippen molar-refractivity contribution in [3.05, 3.63) is 35.4 Å². The zero-order chi connectivity index (χ0) is 13.8. The van der Waals surface area contributed by atoms with Gasteiger partial charge in [0.05, 0.1) is 0 Å². The fraction of sp³-hybridized carbons (Fsp3) is 0.600. The third-order valence-electron chi connectivity index (χ3n) is 3.70. The molecular weight excluding hydrogens is 232 g/mol. The lowest BCUT2D eigenvalue weighted by molar-refractivity contribution is 0.208. The summed E-state index contributed by atoms with van der Waals surface area (Å²) in [7, 11) is 0. The summed E-state index contributed by atoms with van der Waals surface area (Å²) in [6.45, 7) is 10.3. The van der Waals surface area contributed by atoms with Crippen LogP contribution < -0.4 is 5.32 Å². The normalized spacial score (nSPS) is 14.8. The van der Waals surface area contributed by atoms with Gasteiger partial charge in [0.25, 0.3) is 0 Å². The van der Waals surface area contributed by atoms with Crippen molar-refractivity contribution in [1.82, 2.24) is 5.32 Å². The molecule has 1 nitrogen and oxygen atoms in total. The SMILES string of the molecule is CCNCC(C)(Cc1cc(F)cc(F)c1)C(C)C. The molecule has 0 spiro atoms. The Kier molecular flexibility index (Phi) is 5.27. The van der Waals surface area contributed by atoms with Crippen LogP contribution in [-0.2, 0) is 6.42 Å². The third-order valence-corrected chi connectivity index (χ3v) is 3.70. The van der Waals surface area contributed by atoms with Gasteiger partial charge >= 0.3 is 0 Å². The Morgan fingerprint density at radius 2 is 1.72 bits per heavy atom. The summed E-state index contributed by atoms with van der Waals surface area (Å²) < 4.78 is 26.4. The van der Waals surface area contributed by atoms with E-state index in [-0.39, 0.29) is 5.41 Å². The van der Waals surface area contributed by atoms with E-state index in [4.69, 9.17) is 0 Å². The van der Waals surface area contributed by atoms with Crippen molar-refractivity contribution in [1.29, 1.82) is 0 Å². The van der Waals surface area contributed by atoms with Gasteiger partial charge in [0.2, 0.25) is 0 Å². The van der Waals surface area contributed by atoms with Crippen molar-refractivity contribution >= 4 is 0 Å². The maximum atomic E-state index is 13.2. The lowest BCUT2D eigenvalue weighted by Crippen LogP contribution is -2.38. The molecule has 0 heterocycles. The summed E-state index contributed by atoms with van der Waals surface area (Å²) in [5, 5.41) is 3.33. The van der Waals surface area contributed by atoms with E-state index in [1.165, 1.54) is 12.1 Å². The molecule has 0 aliphatic carbocycles. The van der Waals surface area contributed by atoms with E-state index in [0.717, 1.165) is 24.7 Å². The summed E-state index contributed by atoms with van der Waals surface area (Å²) in [5.41, 5.74) is 0.720. The number of hydrogen-bond acceptors (Lipinski definition) is 1. The van der Waals surface area contributed by atoms with Crippen molar-refractivity contribution in [2.45, 2.75) is 34.1 Å². The third kappa shape index (κ3) is 4.05. The average molecular weight is 255 g/mol. The van der Waals surface area contributed by atoms with Gasteiger partial charge in [-0.05, 0) is 42.0 Å². The average Bonchev–Trinajstić information content (AvgIpc) is 2.24. The first kappa shape index (κ1) is 15.1. The number of rotatable bonds is 6. The zero-order valence-electron chi connectivity index (χ0n) is 11.7. The summed E-state index contributed by atoms with van der Waals surface area (Å²) in [4.78, 5) is 0. The van der Waals surface area contributed by atoms with Gasteiger partial charge < -0.3 is 5.32 Å². The van der Waals surface area contributed by atoms with Gasteiger partial charge in [0.1, 0.15) is 11.6 Å². The van der Waals surface area contributed by atoms with Crippen LogP contribution in [0.5, 0.6) is 0 Å². The van der Waals surface area contributed by atoms with E-state index < -0.39 is 11.6 Å². The van der Waals surface area contributed by atoms with E-state index >= 15 is 0 Å². The predicted molar refractivity (Wildman–Crippen MR) is 71.6 cm³/mol. The van der Waals surface area contributed by atoms with Crippen LogP contribution >= 0.6 is 0 Å². The zero-order valence-corrected chi connectivity index (χ0v) is 11.7. The lowest BCUT2D eigenvalue weighted by atomic mass is 9.74. The fourth-order valence-corrected chi connectivity index (χ4v) is 2.06. The Bertz CT molecular complexity index is 370. The van der Waals surface area contributed by atoms with Crippen molar-refractivity contribution in [3.63, 3.8) is 0 Å². The topological polar surface area (TPSA) is 12.0 Å². The molecule has 0 bridgehead atoms. The number of hydrogen-bond donors (Lipinski definition) is 1. The monoisotopic (exact) mass is 255 g/mol. The molecule has 0 radical (unpaired) electrons. The highest BCUT2D eigenvalue weighted by molar-refractivity contribution is 5.19. The Hall–Kier alpha value is -0.960. The van der Waals surface area contributed by atoms with Crippen molar-refractivity contribution in [2.75, 3.05) is 13.1 Å². The molecule has 102 valence electrons. The highest BCUT2D eigenvalue weighted by Crippen LogP contribution is 2.31. The molecule has 18 heavy (non-hydrogen) atoms. The van der Waals surface area contributed by atoms with Crippen LogP contribution in [0.15, 0.2) is 18.2 Å². The Morgan fingerprint density at radius 3 is 2.17 bits per heavy atom. The molecule has 0 aromatic heterocycles. The van der Waals surface area contributed by atoms with Gasteiger partial charge in [-0.25, -0.2) is 8.78 Å². The van der Waals surface area contributed by atoms with E-state index in [0.29, 0.717) is 12.3 Å². The second-order valence-electron chi connectivity index (χ2n) is 5.54. The summed E-state index contributed by atoms with van der Waals surface area (Å²) in [5.74, 6) is -0.568. The van der Waals surface area contributed by atoms with E-state index in [9.17, 15) is 8.78 Å². The minimum absolute atomic E-state index is 0.00373.